The average Bonchev–Trinajstić information content (AvgIpc) is 2.43. The van der Waals surface area contributed by atoms with Gasteiger partial charge in [0, 0.05) is 11.9 Å². The van der Waals surface area contributed by atoms with Crippen LogP contribution in [0.3, 0.4) is 0 Å². The summed E-state index contributed by atoms with van der Waals surface area (Å²) < 4.78 is 4.83. The molecule has 0 aliphatic carbocycles. The van der Waals surface area contributed by atoms with Crippen LogP contribution in [-0.2, 0) is 15.3 Å². The van der Waals surface area contributed by atoms with Crippen LogP contribution in [0.2, 0.25) is 0 Å². The lowest BCUT2D eigenvalue weighted by atomic mass is 10.2. The van der Waals surface area contributed by atoms with E-state index >= 15 is 0 Å². The standard InChI is InChI=1S/C13H17N3O2S/c1-2-18-13(17)12(15)4-6-19-9-10-3-5-16-11(7-10)8-14/h3,5,7,12H,2,4,6,9,15H2,1H3. The number of esters is 1. The van der Waals surface area contributed by atoms with Crippen LogP contribution in [0.5, 0.6) is 0 Å². The largest absolute Gasteiger partial charge is 0.465 e. The fourth-order valence-electron chi connectivity index (χ4n) is 1.39. The van der Waals surface area contributed by atoms with Crippen molar-refractivity contribution in [2.24, 2.45) is 5.73 Å². The maximum Gasteiger partial charge on any atom is 0.322 e. The highest BCUT2D eigenvalue weighted by Crippen LogP contribution is 2.14. The highest BCUT2D eigenvalue weighted by molar-refractivity contribution is 7.98. The lowest BCUT2D eigenvalue weighted by molar-refractivity contribution is -0.144. The molecule has 19 heavy (non-hydrogen) atoms. The van der Waals surface area contributed by atoms with Crippen LogP contribution >= 0.6 is 11.8 Å². The molecule has 6 heteroatoms. The van der Waals surface area contributed by atoms with E-state index in [4.69, 9.17) is 15.7 Å². The van der Waals surface area contributed by atoms with E-state index in [2.05, 4.69) is 4.98 Å². The van der Waals surface area contributed by atoms with Gasteiger partial charge in [-0.3, -0.25) is 4.79 Å². The zero-order valence-corrected chi connectivity index (χ0v) is 11.7. The quantitative estimate of drug-likeness (QED) is 0.600. The molecule has 1 unspecified atom stereocenters. The summed E-state index contributed by atoms with van der Waals surface area (Å²) in [5, 5.41) is 8.73. The fraction of sp³-hybridized carbons (Fsp3) is 0.462. The maximum atomic E-state index is 11.3. The van der Waals surface area contributed by atoms with Gasteiger partial charge in [-0.1, -0.05) is 0 Å². The molecule has 0 aromatic carbocycles. The first-order valence-corrected chi connectivity index (χ1v) is 7.17. The van der Waals surface area contributed by atoms with E-state index in [9.17, 15) is 4.79 Å². The molecule has 0 saturated carbocycles. The van der Waals surface area contributed by atoms with Crippen molar-refractivity contribution in [1.82, 2.24) is 4.98 Å². The molecule has 1 rings (SSSR count). The summed E-state index contributed by atoms with van der Waals surface area (Å²) in [5.74, 6) is 1.19. The number of nitriles is 1. The number of ether oxygens (including phenoxy) is 1. The highest BCUT2D eigenvalue weighted by Gasteiger charge is 2.13. The molecule has 0 amide bonds. The van der Waals surface area contributed by atoms with Crippen LogP contribution in [0, 0.1) is 11.3 Å². The van der Waals surface area contributed by atoms with Crippen LogP contribution in [0.4, 0.5) is 0 Å². The molecule has 5 nitrogen and oxygen atoms in total. The number of nitrogens with zero attached hydrogens (tertiary/aromatic N) is 2. The summed E-state index contributed by atoms with van der Waals surface area (Å²) in [4.78, 5) is 15.2. The third kappa shape index (κ3) is 5.73. The van der Waals surface area contributed by atoms with Crippen LogP contribution < -0.4 is 5.73 Å². The van der Waals surface area contributed by atoms with Gasteiger partial charge in [0.15, 0.2) is 0 Å². The summed E-state index contributed by atoms with van der Waals surface area (Å²) in [6, 6.07) is 5.08. The second-order valence-corrected chi connectivity index (χ2v) is 4.97. The van der Waals surface area contributed by atoms with Gasteiger partial charge < -0.3 is 10.5 Å². The fourth-order valence-corrected chi connectivity index (χ4v) is 2.37. The third-order valence-electron chi connectivity index (χ3n) is 2.37. The molecule has 1 heterocycles. The van der Waals surface area contributed by atoms with Gasteiger partial charge in [0.05, 0.1) is 6.61 Å². The number of rotatable bonds is 7. The molecule has 2 N–H and O–H groups in total. The molecule has 0 saturated heterocycles. The Morgan fingerprint density at radius 1 is 1.68 bits per heavy atom. The minimum Gasteiger partial charge on any atom is -0.465 e. The van der Waals surface area contributed by atoms with E-state index in [1.165, 1.54) is 0 Å². The van der Waals surface area contributed by atoms with Gasteiger partial charge in [0.1, 0.15) is 17.8 Å². The Kier molecular flexibility index (Phi) is 6.93. The van der Waals surface area contributed by atoms with E-state index in [1.807, 2.05) is 12.1 Å². The Balaban J connectivity index is 2.27. The molecule has 0 fully saturated rings. The number of hydrogen-bond donors (Lipinski definition) is 1. The van der Waals surface area contributed by atoms with E-state index in [0.29, 0.717) is 18.7 Å². The summed E-state index contributed by atoms with van der Waals surface area (Å²) in [7, 11) is 0. The van der Waals surface area contributed by atoms with Crippen molar-refractivity contribution in [3.05, 3.63) is 29.6 Å². The Labute approximate surface area is 117 Å². The van der Waals surface area contributed by atoms with Gasteiger partial charge in [0.2, 0.25) is 0 Å². The molecular formula is C13H17N3O2S. The van der Waals surface area contributed by atoms with Crippen LogP contribution in [-0.4, -0.2) is 29.4 Å². The molecule has 102 valence electrons. The Morgan fingerprint density at radius 3 is 3.16 bits per heavy atom. The maximum absolute atomic E-state index is 11.3. The zero-order valence-electron chi connectivity index (χ0n) is 10.8. The number of pyridine rings is 1. The lowest BCUT2D eigenvalue weighted by Crippen LogP contribution is -2.32. The van der Waals surface area contributed by atoms with Gasteiger partial charge in [-0.15, -0.1) is 0 Å². The van der Waals surface area contributed by atoms with Crippen molar-refractivity contribution < 1.29 is 9.53 Å². The average molecular weight is 279 g/mol. The van der Waals surface area contributed by atoms with Crippen molar-refractivity contribution in [3.63, 3.8) is 0 Å². The Bertz CT molecular complexity index is 459. The van der Waals surface area contributed by atoms with Crippen molar-refractivity contribution in [2.45, 2.75) is 25.1 Å². The van der Waals surface area contributed by atoms with Gasteiger partial charge in [-0.2, -0.15) is 17.0 Å². The Morgan fingerprint density at radius 2 is 2.47 bits per heavy atom. The molecule has 0 aliphatic rings. The van der Waals surface area contributed by atoms with Crippen molar-refractivity contribution in [2.75, 3.05) is 12.4 Å². The third-order valence-corrected chi connectivity index (χ3v) is 3.43. The van der Waals surface area contributed by atoms with Crippen molar-refractivity contribution in [3.8, 4) is 6.07 Å². The number of thioether (sulfide) groups is 1. The van der Waals surface area contributed by atoms with Crippen molar-refractivity contribution >= 4 is 17.7 Å². The van der Waals surface area contributed by atoms with Crippen LogP contribution in [0.1, 0.15) is 24.6 Å². The van der Waals surface area contributed by atoms with E-state index in [1.54, 1.807) is 30.9 Å². The summed E-state index contributed by atoms with van der Waals surface area (Å²) in [6.07, 6.45) is 2.21. The van der Waals surface area contributed by atoms with Gasteiger partial charge >= 0.3 is 5.97 Å². The number of hydrogen-bond acceptors (Lipinski definition) is 6. The van der Waals surface area contributed by atoms with Gasteiger partial charge in [-0.05, 0) is 36.8 Å². The number of aromatic nitrogens is 1. The predicted molar refractivity (Wildman–Crippen MR) is 74.3 cm³/mol. The number of carbonyl (C=O) groups excluding carboxylic acids is 1. The monoisotopic (exact) mass is 279 g/mol. The molecule has 1 atom stereocenters. The first-order valence-electron chi connectivity index (χ1n) is 6.02. The van der Waals surface area contributed by atoms with Gasteiger partial charge in [0.25, 0.3) is 0 Å². The number of nitrogens with two attached hydrogens (primary N) is 1. The topological polar surface area (TPSA) is 89.0 Å². The predicted octanol–water partition coefficient (Wildman–Crippen LogP) is 1.47. The van der Waals surface area contributed by atoms with E-state index < -0.39 is 6.04 Å². The van der Waals surface area contributed by atoms with Crippen molar-refractivity contribution in [1.29, 1.82) is 5.26 Å². The molecule has 1 aromatic heterocycles. The smallest absolute Gasteiger partial charge is 0.322 e. The van der Waals surface area contributed by atoms with Crippen LogP contribution in [0.25, 0.3) is 0 Å². The molecule has 0 bridgehead atoms. The Hall–Kier alpha value is -1.58. The minimum absolute atomic E-state index is 0.348. The summed E-state index contributed by atoms with van der Waals surface area (Å²) in [5.41, 5.74) is 7.15. The molecule has 0 radical (unpaired) electrons. The molecule has 1 aromatic rings. The zero-order chi connectivity index (χ0) is 14.1. The first-order chi connectivity index (χ1) is 9.17. The summed E-state index contributed by atoms with van der Waals surface area (Å²) in [6.45, 7) is 2.11. The lowest BCUT2D eigenvalue weighted by Gasteiger charge is -2.09. The SMILES string of the molecule is CCOC(=O)C(N)CCSCc1ccnc(C#N)c1. The molecular weight excluding hydrogens is 262 g/mol. The first kappa shape index (κ1) is 15.5. The minimum atomic E-state index is -0.556. The second kappa shape index (κ2) is 8.51. The van der Waals surface area contributed by atoms with E-state index in [0.717, 1.165) is 17.1 Å². The molecule has 0 aliphatic heterocycles. The summed E-state index contributed by atoms with van der Waals surface area (Å²) >= 11 is 1.66. The molecule has 0 spiro atoms. The van der Waals surface area contributed by atoms with Gasteiger partial charge in [-0.25, -0.2) is 4.98 Å². The number of carbonyl (C=O) groups is 1. The highest BCUT2D eigenvalue weighted by atomic mass is 32.2. The van der Waals surface area contributed by atoms with E-state index in [-0.39, 0.29) is 5.97 Å². The van der Waals surface area contributed by atoms with Crippen LogP contribution in [0.15, 0.2) is 18.3 Å². The second-order valence-electron chi connectivity index (χ2n) is 3.86. The normalized spacial score (nSPS) is 11.6.